The number of hydrogen-bond acceptors (Lipinski definition) is 2. The van der Waals surface area contributed by atoms with Crippen LogP contribution < -0.4 is 0 Å². The number of nitrogens with zero attached hydrogens (tertiary/aromatic N) is 1. The molecule has 0 N–H and O–H groups in total. The second kappa shape index (κ2) is 7.93. The van der Waals surface area contributed by atoms with E-state index in [1.165, 1.54) is 16.7 Å². The first-order chi connectivity index (χ1) is 9.13. The maximum Gasteiger partial charge on any atom is 0.107 e. The SMILES string of the molecule is C/C=C\C(=C/C)C(OC)c1ccccc1CN(C)C. The Labute approximate surface area is 117 Å². The molecule has 0 heterocycles. The van der Waals surface area contributed by atoms with Gasteiger partial charge in [0.15, 0.2) is 0 Å². The highest BCUT2D eigenvalue weighted by Gasteiger charge is 2.17. The van der Waals surface area contributed by atoms with E-state index in [1.807, 2.05) is 6.92 Å². The standard InChI is InChI=1S/C17H25NO/c1-6-10-14(7-2)17(19-5)16-12-9-8-11-15(16)13-18(3)4/h6-12,17H,13H2,1-5H3/b10-6-,14-7+. The fourth-order valence-corrected chi connectivity index (χ4v) is 2.24. The van der Waals surface area contributed by atoms with Crippen molar-refractivity contribution in [1.29, 1.82) is 0 Å². The molecule has 1 aromatic rings. The van der Waals surface area contributed by atoms with Gasteiger partial charge in [0.1, 0.15) is 6.10 Å². The zero-order valence-electron chi connectivity index (χ0n) is 12.7. The quantitative estimate of drug-likeness (QED) is 0.717. The van der Waals surface area contributed by atoms with Crippen LogP contribution in [0.1, 0.15) is 31.1 Å². The number of ether oxygens (including phenoxy) is 1. The van der Waals surface area contributed by atoms with E-state index in [9.17, 15) is 0 Å². The van der Waals surface area contributed by atoms with Gasteiger partial charge in [0.2, 0.25) is 0 Å². The maximum atomic E-state index is 5.73. The van der Waals surface area contributed by atoms with E-state index >= 15 is 0 Å². The van der Waals surface area contributed by atoms with Gasteiger partial charge in [0.25, 0.3) is 0 Å². The molecule has 1 atom stereocenters. The molecule has 0 aliphatic rings. The first-order valence-electron chi connectivity index (χ1n) is 6.68. The van der Waals surface area contributed by atoms with Gasteiger partial charge < -0.3 is 9.64 Å². The van der Waals surface area contributed by atoms with E-state index in [4.69, 9.17) is 4.74 Å². The summed E-state index contributed by atoms with van der Waals surface area (Å²) in [6, 6.07) is 8.48. The van der Waals surface area contributed by atoms with E-state index in [1.54, 1.807) is 7.11 Å². The fourth-order valence-electron chi connectivity index (χ4n) is 2.24. The summed E-state index contributed by atoms with van der Waals surface area (Å²) in [5.74, 6) is 0. The molecule has 1 aromatic carbocycles. The van der Waals surface area contributed by atoms with Crippen LogP contribution >= 0.6 is 0 Å². The Morgan fingerprint density at radius 3 is 2.47 bits per heavy atom. The minimum absolute atomic E-state index is 0.00245. The van der Waals surface area contributed by atoms with Crippen LogP contribution in [0.5, 0.6) is 0 Å². The van der Waals surface area contributed by atoms with Crippen LogP contribution in [0, 0.1) is 0 Å². The maximum absolute atomic E-state index is 5.73. The van der Waals surface area contributed by atoms with Crippen molar-refractivity contribution in [1.82, 2.24) is 4.90 Å². The molecule has 0 radical (unpaired) electrons. The van der Waals surface area contributed by atoms with E-state index in [-0.39, 0.29) is 6.10 Å². The molecular formula is C17H25NO. The van der Waals surface area contributed by atoms with Crippen LogP contribution in [0.3, 0.4) is 0 Å². The van der Waals surface area contributed by atoms with Crippen molar-refractivity contribution in [2.75, 3.05) is 21.2 Å². The Kier molecular flexibility index (Phi) is 6.54. The lowest BCUT2D eigenvalue weighted by molar-refractivity contribution is 0.134. The van der Waals surface area contributed by atoms with Gasteiger partial charge in [-0.05, 0) is 44.6 Å². The lowest BCUT2D eigenvalue weighted by atomic mass is 9.95. The summed E-state index contributed by atoms with van der Waals surface area (Å²) in [6.45, 7) is 5.00. The first kappa shape index (κ1) is 15.7. The van der Waals surface area contributed by atoms with Crippen LogP contribution in [0.15, 0.2) is 48.1 Å². The summed E-state index contributed by atoms with van der Waals surface area (Å²) in [6.07, 6.45) is 6.27. The minimum Gasteiger partial charge on any atom is -0.372 e. The van der Waals surface area contributed by atoms with E-state index in [0.29, 0.717) is 0 Å². The number of methoxy groups -OCH3 is 1. The average molecular weight is 259 g/mol. The summed E-state index contributed by atoms with van der Waals surface area (Å²) in [7, 11) is 5.94. The Morgan fingerprint density at radius 2 is 1.95 bits per heavy atom. The van der Waals surface area contributed by atoms with E-state index in [2.05, 4.69) is 68.4 Å². The summed E-state index contributed by atoms with van der Waals surface area (Å²) in [5.41, 5.74) is 3.74. The molecule has 19 heavy (non-hydrogen) atoms. The highest BCUT2D eigenvalue weighted by Crippen LogP contribution is 2.29. The highest BCUT2D eigenvalue weighted by atomic mass is 16.5. The molecule has 0 spiro atoms. The second-order valence-electron chi connectivity index (χ2n) is 4.84. The molecule has 0 amide bonds. The third kappa shape index (κ3) is 4.34. The highest BCUT2D eigenvalue weighted by molar-refractivity contribution is 5.37. The molecular weight excluding hydrogens is 234 g/mol. The van der Waals surface area contributed by atoms with Gasteiger partial charge in [-0.2, -0.15) is 0 Å². The number of allylic oxidation sites excluding steroid dienone is 2. The molecule has 0 fully saturated rings. The molecule has 2 heteroatoms. The van der Waals surface area contributed by atoms with Crippen molar-refractivity contribution in [3.63, 3.8) is 0 Å². The zero-order chi connectivity index (χ0) is 14.3. The van der Waals surface area contributed by atoms with Crippen molar-refractivity contribution in [3.8, 4) is 0 Å². The number of rotatable bonds is 6. The molecule has 0 aliphatic carbocycles. The average Bonchev–Trinajstić information content (AvgIpc) is 2.39. The number of benzene rings is 1. The summed E-state index contributed by atoms with van der Waals surface area (Å²) < 4.78 is 5.73. The van der Waals surface area contributed by atoms with Gasteiger partial charge in [-0.1, -0.05) is 42.5 Å². The van der Waals surface area contributed by atoms with Gasteiger partial charge in [0.05, 0.1) is 0 Å². The Bertz CT molecular complexity index is 446. The van der Waals surface area contributed by atoms with Gasteiger partial charge in [-0.15, -0.1) is 0 Å². The molecule has 2 nitrogen and oxygen atoms in total. The Hall–Kier alpha value is -1.38. The van der Waals surface area contributed by atoms with Crippen molar-refractivity contribution in [2.24, 2.45) is 0 Å². The third-order valence-corrected chi connectivity index (χ3v) is 3.06. The van der Waals surface area contributed by atoms with Gasteiger partial charge in [-0.3, -0.25) is 0 Å². The van der Waals surface area contributed by atoms with Crippen LogP contribution in [-0.4, -0.2) is 26.1 Å². The van der Waals surface area contributed by atoms with Crippen molar-refractivity contribution < 1.29 is 4.74 Å². The molecule has 0 aliphatic heterocycles. The molecule has 104 valence electrons. The zero-order valence-corrected chi connectivity index (χ0v) is 12.7. The van der Waals surface area contributed by atoms with E-state index < -0.39 is 0 Å². The topological polar surface area (TPSA) is 12.5 Å². The molecule has 0 saturated carbocycles. The summed E-state index contributed by atoms with van der Waals surface area (Å²) in [5, 5.41) is 0. The fraction of sp³-hybridized carbons (Fsp3) is 0.412. The molecule has 0 bridgehead atoms. The smallest absolute Gasteiger partial charge is 0.107 e. The third-order valence-electron chi connectivity index (χ3n) is 3.06. The monoisotopic (exact) mass is 259 g/mol. The molecule has 0 aromatic heterocycles. The van der Waals surface area contributed by atoms with Crippen molar-refractivity contribution in [2.45, 2.75) is 26.5 Å². The predicted molar refractivity (Wildman–Crippen MR) is 82.2 cm³/mol. The second-order valence-corrected chi connectivity index (χ2v) is 4.84. The predicted octanol–water partition coefficient (Wildman–Crippen LogP) is 3.96. The van der Waals surface area contributed by atoms with Gasteiger partial charge >= 0.3 is 0 Å². The largest absolute Gasteiger partial charge is 0.372 e. The minimum atomic E-state index is -0.00245. The lowest BCUT2D eigenvalue weighted by Crippen LogP contribution is -2.15. The Morgan fingerprint density at radius 1 is 1.26 bits per heavy atom. The van der Waals surface area contributed by atoms with Crippen LogP contribution in [0.4, 0.5) is 0 Å². The summed E-state index contributed by atoms with van der Waals surface area (Å²) >= 11 is 0. The summed E-state index contributed by atoms with van der Waals surface area (Å²) in [4.78, 5) is 2.18. The van der Waals surface area contributed by atoms with Crippen molar-refractivity contribution >= 4 is 0 Å². The molecule has 0 saturated heterocycles. The molecule has 1 rings (SSSR count). The van der Waals surface area contributed by atoms with Gasteiger partial charge in [0, 0.05) is 13.7 Å². The normalized spacial score (nSPS) is 14.3. The first-order valence-corrected chi connectivity index (χ1v) is 6.68. The lowest BCUT2D eigenvalue weighted by Gasteiger charge is -2.22. The van der Waals surface area contributed by atoms with Gasteiger partial charge in [-0.25, -0.2) is 0 Å². The van der Waals surface area contributed by atoms with Crippen molar-refractivity contribution in [3.05, 3.63) is 59.2 Å². The Balaban J connectivity index is 3.17. The van der Waals surface area contributed by atoms with Crippen LogP contribution in [0.25, 0.3) is 0 Å². The van der Waals surface area contributed by atoms with Crippen LogP contribution in [-0.2, 0) is 11.3 Å². The number of hydrogen-bond donors (Lipinski definition) is 0. The molecule has 1 unspecified atom stereocenters. The van der Waals surface area contributed by atoms with Crippen LogP contribution in [0.2, 0.25) is 0 Å². The van der Waals surface area contributed by atoms with E-state index in [0.717, 1.165) is 6.54 Å².